The molecule has 2 heterocycles. The number of tetrazole rings is 1. The number of aromatic nitrogens is 5. The Hall–Kier alpha value is -3.52. The molecule has 2 aromatic carbocycles. The number of benzene rings is 2. The summed E-state index contributed by atoms with van der Waals surface area (Å²) in [4.78, 5) is 18.5. The molecule has 0 radical (unpaired) electrons. The van der Waals surface area contributed by atoms with E-state index in [1.165, 1.54) is 0 Å². The summed E-state index contributed by atoms with van der Waals surface area (Å²) in [7, 11) is 1.64. The van der Waals surface area contributed by atoms with Gasteiger partial charge in [-0.2, -0.15) is 0 Å². The zero-order chi connectivity index (χ0) is 25.9. The zero-order valence-electron chi connectivity index (χ0n) is 22.0. The molecule has 8 nitrogen and oxygen atoms in total. The van der Waals surface area contributed by atoms with Crippen LogP contribution in [0, 0.1) is 5.92 Å². The fraction of sp³-hybridized carbons (Fsp3) is 0.429. The largest absolute Gasteiger partial charge is 0.497 e. The monoisotopic (exact) mass is 488 g/mol. The molecule has 0 aliphatic carbocycles. The number of rotatable bonds is 10. The zero-order valence-corrected chi connectivity index (χ0v) is 22.0. The van der Waals surface area contributed by atoms with Crippen LogP contribution in [0.2, 0.25) is 0 Å². The second kappa shape index (κ2) is 10.6. The summed E-state index contributed by atoms with van der Waals surface area (Å²) in [5, 5.41) is 13.9. The van der Waals surface area contributed by atoms with Crippen molar-refractivity contribution in [1.82, 2.24) is 30.1 Å². The second-order valence-electron chi connectivity index (χ2n) is 10.3. The van der Waals surface area contributed by atoms with Crippen molar-refractivity contribution in [3.05, 3.63) is 81.9 Å². The predicted molar refractivity (Wildman–Crippen MR) is 142 cm³/mol. The minimum atomic E-state index is -0.235. The Labute approximate surface area is 212 Å². The number of hydrogen-bond donors (Lipinski definition) is 1. The fourth-order valence-electron chi connectivity index (χ4n) is 4.61. The van der Waals surface area contributed by atoms with E-state index in [4.69, 9.17) is 4.74 Å². The lowest BCUT2D eigenvalue weighted by Crippen LogP contribution is -2.38. The van der Waals surface area contributed by atoms with Gasteiger partial charge in [-0.3, -0.25) is 9.69 Å². The van der Waals surface area contributed by atoms with Crippen LogP contribution in [0.5, 0.6) is 5.75 Å². The van der Waals surface area contributed by atoms with Crippen LogP contribution in [0.4, 0.5) is 0 Å². The van der Waals surface area contributed by atoms with Crippen molar-refractivity contribution in [2.75, 3.05) is 7.11 Å². The Morgan fingerprint density at radius 1 is 1.08 bits per heavy atom. The molecule has 8 heteroatoms. The molecule has 0 fully saturated rings. The van der Waals surface area contributed by atoms with Crippen molar-refractivity contribution in [1.29, 1.82) is 0 Å². The Balaban J connectivity index is 1.81. The molecule has 1 atom stereocenters. The van der Waals surface area contributed by atoms with Gasteiger partial charge < -0.3 is 9.72 Å². The summed E-state index contributed by atoms with van der Waals surface area (Å²) < 4.78 is 7.35. The predicted octanol–water partition coefficient (Wildman–Crippen LogP) is 5.07. The molecule has 4 aromatic rings. The van der Waals surface area contributed by atoms with E-state index in [0.717, 1.165) is 34.5 Å². The van der Waals surface area contributed by atoms with Gasteiger partial charge in [-0.25, -0.2) is 4.68 Å². The van der Waals surface area contributed by atoms with E-state index in [1.807, 2.05) is 47.1 Å². The normalized spacial score (nSPS) is 13.0. The maximum atomic E-state index is 13.2. The molecule has 190 valence electrons. The van der Waals surface area contributed by atoms with E-state index < -0.39 is 0 Å². The van der Waals surface area contributed by atoms with Crippen LogP contribution >= 0.6 is 0 Å². The molecular weight excluding hydrogens is 452 g/mol. The standard InChI is InChI=1S/C28H36N6O2/c1-7-28(4,5)34-26(30-31-32-34)25(19(2)3)33(17-20-11-9-8-10-12-20)18-22-15-21-16-23(36-6)13-14-24(21)29-27(22)35/h8-16,19,25H,7,17-18H2,1-6H3,(H,29,35)/t25-/m0/s1. The lowest BCUT2D eigenvalue weighted by atomic mass is 9.97. The molecule has 2 aromatic heterocycles. The van der Waals surface area contributed by atoms with Gasteiger partial charge in [0.1, 0.15) is 5.75 Å². The van der Waals surface area contributed by atoms with Crippen LogP contribution < -0.4 is 10.3 Å². The first kappa shape index (κ1) is 25.6. The van der Waals surface area contributed by atoms with Gasteiger partial charge in [0.25, 0.3) is 5.56 Å². The Morgan fingerprint density at radius 3 is 2.50 bits per heavy atom. The summed E-state index contributed by atoms with van der Waals surface area (Å²) >= 11 is 0. The number of hydrogen-bond acceptors (Lipinski definition) is 6. The summed E-state index contributed by atoms with van der Waals surface area (Å²) in [6.07, 6.45) is 0.890. The molecule has 0 aliphatic heterocycles. The van der Waals surface area contributed by atoms with Gasteiger partial charge >= 0.3 is 0 Å². The summed E-state index contributed by atoms with van der Waals surface area (Å²) in [5.41, 5.74) is 2.30. The number of pyridine rings is 1. The lowest BCUT2D eigenvalue weighted by Gasteiger charge is -2.35. The molecule has 0 saturated heterocycles. The van der Waals surface area contributed by atoms with Gasteiger partial charge in [-0.05, 0) is 66.4 Å². The van der Waals surface area contributed by atoms with E-state index in [9.17, 15) is 4.79 Å². The molecule has 0 aliphatic rings. The van der Waals surface area contributed by atoms with Crippen molar-refractivity contribution in [2.24, 2.45) is 5.92 Å². The number of H-pyrrole nitrogens is 1. The molecule has 0 amide bonds. The van der Waals surface area contributed by atoms with E-state index in [0.29, 0.717) is 18.7 Å². The third-order valence-corrected chi connectivity index (χ3v) is 6.95. The highest BCUT2D eigenvalue weighted by molar-refractivity contribution is 5.80. The van der Waals surface area contributed by atoms with Gasteiger partial charge in [0.05, 0.1) is 18.7 Å². The van der Waals surface area contributed by atoms with E-state index in [1.54, 1.807) is 7.11 Å². The smallest absolute Gasteiger partial charge is 0.252 e. The number of fused-ring (bicyclic) bond motifs is 1. The highest BCUT2D eigenvalue weighted by Gasteiger charge is 2.33. The quantitative estimate of drug-likeness (QED) is 0.335. The average Bonchev–Trinajstić information content (AvgIpc) is 3.35. The molecule has 0 bridgehead atoms. The van der Waals surface area contributed by atoms with Crippen LogP contribution in [-0.2, 0) is 18.6 Å². The number of methoxy groups -OCH3 is 1. The van der Waals surface area contributed by atoms with E-state index in [2.05, 4.69) is 72.2 Å². The summed E-state index contributed by atoms with van der Waals surface area (Å²) in [5.74, 6) is 1.76. The lowest BCUT2D eigenvalue weighted by molar-refractivity contribution is 0.118. The van der Waals surface area contributed by atoms with Gasteiger partial charge in [0.15, 0.2) is 5.82 Å². The van der Waals surface area contributed by atoms with Crippen molar-refractivity contribution >= 4 is 10.9 Å². The van der Waals surface area contributed by atoms with Crippen LogP contribution in [0.25, 0.3) is 10.9 Å². The van der Waals surface area contributed by atoms with Crippen LogP contribution in [0.3, 0.4) is 0 Å². The third kappa shape index (κ3) is 5.33. The van der Waals surface area contributed by atoms with Crippen molar-refractivity contribution in [3.8, 4) is 5.75 Å². The molecule has 0 saturated carbocycles. The number of ether oxygens (including phenoxy) is 1. The number of nitrogens with zero attached hydrogens (tertiary/aromatic N) is 5. The van der Waals surface area contributed by atoms with Crippen molar-refractivity contribution in [3.63, 3.8) is 0 Å². The second-order valence-corrected chi connectivity index (χ2v) is 10.3. The maximum Gasteiger partial charge on any atom is 0.252 e. The topological polar surface area (TPSA) is 88.9 Å². The Bertz CT molecular complexity index is 1360. The minimum Gasteiger partial charge on any atom is -0.497 e. The highest BCUT2D eigenvalue weighted by atomic mass is 16.5. The van der Waals surface area contributed by atoms with Crippen LogP contribution in [0.1, 0.15) is 64.0 Å². The van der Waals surface area contributed by atoms with Crippen molar-refractivity contribution in [2.45, 2.75) is 65.7 Å². The number of nitrogens with one attached hydrogen (secondary N) is 1. The van der Waals surface area contributed by atoms with Gasteiger partial charge in [-0.1, -0.05) is 51.1 Å². The molecule has 1 N–H and O–H groups in total. The SMILES string of the molecule is CCC(C)(C)n1nnnc1[C@H](C(C)C)N(Cc1ccccc1)Cc1cc2cc(OC)ccc2[nH]c1=O. The highest BCUT2D eigenvalue weighted by Crippen LogP contribution is 2.33. The Morgan fingerprint density at radius 2 is 1.83 bits per heavy atom. The van der Waals surface area contributed by atoms with E-state index in [-0.39, 0.29) is 23.1 Å². The van der Waals surface area contributed by atoms with Crippen LogP contribution in [0.15, 0.2) is 59.4 Å². The fourth-order valence-corrected chi connectivity index (χ4v) is 4.61. The van der Waals surface area contributed by atoms with E-state index >= 15 is 0 Å². The molecule has 0 spiro atoms. The van der Waals surface area contributed by atoms with Gasteiger partial charge in [0.2, 0.25) is 0 Å². The molecule has 4 rings (SSSR count). The average molecular weight is 489 g/mol. The molecule has 36 heavy (non-hydrogen) atoms. The Kier molecular flexibility index (Phi) is 7.54. The maximum absolute atomic E-state index is 13.2. The summed E-state index contributed by atoms with van der Waals surface area (Å²) in [6, 6.07) is 17.8. The first-order valence-corrected chi connectivity index (χ1v) is 12.5. The minimum absolute atomic E-state index is 0.0956. The van der Waals surface area contributed by atoms with Crippen molar-refractivity contribution < 1.29 is 4.74 Å². The molecular formula is C28H36N6O2. The third-order valence-electron chi connectivity index (χ3n) is 6.95. The molecule has 0 unspecified atom stereocenters. The summed E-state index contributed by atoms with van der Waals surface area (Å²) in [6.45, 7) is 11.9. The number of aromatic amines is 1. The van der Waals surface area contributed by atoms with Crippen LogP contribution in [-0.4, -0.2) is 37.2 Å². The van der Waals surface area contributed by atoms with Gasteiger partial charge in [0, 0.05) is 29.6 Å². The van der Waals surface area contributed by atoms with Gasteiger partial charge in [-0.15, -0.1) is 5.10 Å². The first-order chi connectivity index (χ1) is 17.2. The first-order valence-electron chi connectivity index (χ1n) is 12.5.